The van der Waals surface area contributed by atoms with Crippen molar-refractivity contribution in [2.24, 2.45) is 0 Å². The number of hydrogen-bond acceptors (Lipinski definition) is 5. The Kier molecular flexibility index (Phi) is 4.89. The normalized spacial score (nSPS) is 11.0. The van der Waals surface area contributed by atoms with Crippen molar-refractivity contribution in [1.82, 2.24) is 19.7 Å². The highest BCUT2D eigenvalue weighted by Gasteiger charge is 2.09. The highest BCUT2D eigenvalue weighted by Crippen LogP contribution is 2.24. The molecule has 0 aliphatic heterocycles. The van der Waals surface area contributed by atoms with Crippen molar-refractivity contribution in [3.63, 3.8) is 0 Å². The van der Waals surface area contributed by atoms with Crippen molar-refractivity contribution in [3.8, 4) is 17.0 Å². The minimum atomic E-state index is -0.442. The third-order valence-corrected chi connectivity index (χ3v) is 4.64. The number of halogens is 1. The first-order valence-electron chi connectivity index (χ1n) is 8.98. The van der Waals surface area contributed by atoms with Crippen LogP contribution in [-0.2, 0) is 6.54 Å². The van der Waals surface area contributed by atoms with Crippen molar-refractivity contribution in [2.45, 2.75) is 13.5 Å². The molecule has 28 heavy (non-hydrogen) atoms. The molecule has 142 valence electrons. The molecule has 4 aromatic rings. The molecule has 0 bridgehead atoms. The lowest BCUT2D eigenvalue weighted by molar-refractivity contribution is 0.386. The second-order valence-electron chi connectivity index (χ2n) is 6.44. The summed E-state index contributed by atoms with van der Waals surface area (Å²) >= 11 is 0. The topological polar surface area (TPSA) is 64.9 Å². The number of nitrogens with zero attached hydrogens (tertiary/aromatic N) is 4. The highest BCUT2D eigenvalue weighted by atomic mass is 19.1. The van der Waals surface area contributed by atoms with Gasteiger partial charge < -0.3 is 14.6 Å². The Hall–Kier alpha value is -3.48. The molecule has 1 N–H and O–H groups in total. The maximum Gasteiger partial charge on any atom is 0.243 e. The van der Waals surface area contributed by atoms with E-state index in [0.717, 1.165) is 6.54 Å². The van der Waals surface area contributed by atoms with Gasteiger partial charge in [-0.05, 0) is 42.6 Å². The number of anilines is 1. The van der Waals surface area contributed by atoms with Gasteiger partial charge in [-0.1, -0.05) is 18.2 Å². The zero-order valence-corrected chi connectivity index (χ0v) is 15.7. The molecular formula is C21H20FN5O. The molecule has 2 aromatic carbocycles. The molecule has 0 spiro atoms. The predicted molar refractivity (Wildman–Crippen MR) is 107 cm³/mol. The molecule has 7 heteroatoms. The minimum Gasteiger partial charge on any atom is -0.494 e. The number of aryl methyl sites for hydroxylation is 1. The van der Waals surface area contributed by atoms with Gasteiger partial charge in [0.2, 0.25) is 5.95 Å². The van der Waals surface area contributed by atoms with Gasteiger partial charge >= 0.3 is 0 Å². The number of nitrogens with one attached hydrogen (secondary N) is 1. The van der Waals surface area contributed by atoms with Crippen LogP contribution in [0.25, 0.3) is 22.2 Å². The minimum absolute atomic E-state index is 0.193. The number of rotatable bonds is 6. The fraction of sp³-hybridized carbons (Fsp3) is 0.190. The molecule has 2 aromatic heterocycles. The van der Waals surface area contributed by atoms with E-state index < -0.39 is 5.82 Å². The van der Waals surface area contributed by atoms with E-state index >= 15 is 0 Å². The molecule has 2 heterocycles. The molecule has 0 atom stereocenters. The molecule has 6 nitrogen and oxygen atoms in total. The Morgan fingerprint density at radius 1 is 1.14 bits per heavy atom. The molecule has 0 radical (unpaired) electrons. The smallest absolute Gasteiger partial charge is 0.243 e. The molecular weight excluding hydrogens is 357 g/mol. The van der Waals surface area contributed by atoms with Gasteiger partial charge in [0, 0.05) is 29.9 Å². The molecule has 0 saturated heterocycles. The van der Waals surface area contributed by atoms with Gasteiger partial charge in [-0.3, -0.25) is 0 Å². The van der Waals surface area contributed by atoms with Crippen LogP contribution in [0.2, 0.25) is 0 Å². The lowest BCUT2D eigenvalue weighted by Crippen LogP contribution is -2.13. The van der Waals surface area contributed by atoms with E-state index in [0.29, 0.717) is 23.8 Å². The molecule has 0 aliphatic rings. The third kappa shape index (κ3) is 3.51. The van der Waals surface area contributed by atoms with Crippen LogP contribution in [0, 0.1) is 12.7 Å². The van der Waals surface area contributed by atoms with Crippen molar-refractivity contribution < 1.29 is 9.13 Å². The second-order valence-corrected chi connectivity index (χ2v) is 6.44. The maximum absolute atomic E-state index is 14.0. The van der Waals surface area contributed by atoms with Crippen molar-refractivity contribution >= 4 is 16.9 Å². The first-order chi connectivity index (χ1) is 13.7. The van der Waals surface area contributed by atoms with Gasteiger partial charge in [-0.15, -0.1) is 5.10 Å². The summed E-state index contributed by atoms with van der Waals surface area (Å²) in [5, 5.41) is 12.4. The number of fused-ring (bicyclic) bond motifs is 1. The van der Waals surface area contributed by atoms with E-state index in [2.05, 4.69) is 50.2 Å². The highest BCUT2D eigenvalue weighted by molar-refractivity contribution is 5.81. The molecule has 4 rings (SSSR count). The van der Waals surface area contributed by atoms with Crippen LogP contribution >= 0.6 is 0 Å². The van der Waals surface area contributed by atoms with E-state index in [1.807, 2.05) is 12.1 Å². The molecule has 0 saturated carbocycles. The number of para-hydroxylation sites is 1. The quantitative estimate of drug-likeness (QED) is 0.549. The lowest BCUT2D eigenvalue weighted by atomic mass is 10.1. The van der Waals surface area contributed by atoms with Crippen molar-refractivity contribution in [1.29, 1.82) is 0 Å². The summed E-state index contributed by atoms with van der Waals surface area (Å²) in [5.74, 6) is 0.157. The zero-order chi connectivity index (χ0) is 19.5. The molecule has 0 amide bonds. The summed E-state index contributed by atoms with van der Waals surface area (Å²) in [4.78, 5) is 4.44. The van der Waals surface area contributed by atoms with Gasteiger partial charge in [-0.2, -0.15) is 5.10 Å². The maximum atomic E-state index is 14.0. The Balaban J connectivity index is 1.48. The number of benzene rings is 2. The second kappa shape index (κ2) is 7.64. The number of methoxy groups -OCH3 is 1. The van der Waals surface area contributed by atoms with Gasteiger partial charge in [0.05, 0.1) is 19.0 Å². The summed E-state index contributed by atoms with van der Waals surface area (Å²) in [6, 6.07) is 15.2. The number of hydrogen-bond donors (Lipinski definition) is 1. The summed E-state index contributed by atoms with van der Waals surface area (Å²) in [5.41, 5.74) is 3.55. The average molecular weight is 377 g/mol. The van der Waals surface area contributed by atoms with Crippen molar-refractivity contribution in [3.05, 3.63) is 66.2 Å². The van der Waals surface area contributed by atoms with Gasteiger partial charge in [0.1, 0.15) is 0 Å². The molecule has 0 aliphatic carbocycles. The molecule has 0 fully saturated rings. The largest absolute Gasteiger partial charge is 0.494 e. The van der Waals surface area contributed by atoms with Crippen LogP contribution in [0.4, 0.5) is 10.3 Å². The number of ether oxygens (including phenoxy) is 1. The Morgan fingerprint density at radius 3 is 2.82 bits per heavy atom. The first-order valence-corrected chi connectivity index (χ1v) is 8.98. The van der Waals surface area contributed by atoms with Crippen LogP contribution in [0.15, 0.2) is 54.7 Å². The summed E-state index contributed by atoms with van der Waals surface area (Å²) in [6.07, 6.45) is 1.51. The fourth-order valence-electron chi connectivity index (χ4n) is 3.27. The SMILES string of the molecule is COc1ccc(-c2cnnc(NCCn3c(C)cc4ccccc43)n2)cc1F. The number of aromatic nitrogens is 4. The first kappa shape index (κ1) is 17.9. The third-order valence-electron chi connectivity index (χ3n) is 4.64. The monoisotopic (exact) mass is 377 g/mol. The zero-order valence-electron chi connectivity index (χ0n) is 15.7. The standard InChI is InChI=1S/C21H20FN5O/c1-14-11-16-5-3-4-6-19(16)27(14)10-9-23-21-25-18(13-24-26-21)15-7-8-20(28-2)17(22)12-15/h3-8,11-13H,9-10H2,1-2H3,(H,23,25,26). The van der Waals surface area contributed by atoms with E-state index in [9.17, 15) is 4.39 Å². The summed E-state index contributed by atoms with van der Waals surface area (Å²) in [6.45, 7) is 3.50. The van der Waals surface area contributed by atoms with E-state index in [1.54, 1.807) is 12.1 Å². The Labute approximate surface area is 162 Å². The van der Waals surface area contributed by atoms with Crippen LogP contribution in [0.5, 0.6) is 5.75 Å². The van der Waals surface area contributed by atoms with Gasteiger partial charge in [-0.25, -0.2) is 9.37 Å². The van der Waals surface area contributed by atoms with Crippen LogP contribution in [0.3, 0.4) is 0 Å². The molecule has 0 unspecified atom stereocenters. The van der Waals surface area contributed by atoms with Crippen LogP contribution in [0.1, 0.15) is 5.69 Å². The van der Waals surface area contributed by atoms with Crippen LogP contribution in [-0.4, -0.2) is 33.4 Å². The summed E-state index contributed by atoms with van der Waals surface area (Å²) < 4.78 is 21.2. The Morgan fingerprint density at radius 2 is 2.00 bits per heavy atom. The Bertz CT molecular complexity index is 1120. The lowest BCUT2D eigenvalue weighted by Gasteiger charge is -2.10. The van der Waals surface area contributed by atoms with Gasteiger partial charge in [0.15, 0.2) is 11.6 Å². The fourth-order valence-corrected chi connectivity index (χ4v) is 3.27. The predicted octanol–water partition coefficient (Wildman–Crippen LogP) is 4.06. The summed E-state index contributed by atoms with van der Waals surface area (Å²) in [7, 11) is 1.43. The average Bonchev–Trinajstić information content (AvgIpc) is 3.03. The van der Waals surface area contributed by atoms with E-state index in [4.69, 9.17) is 4.74 Å². The van der Waals surface area contributed by atoms with Crippen molar-refractivity contribution in [2.75, 3.05) is 19.0 Å². The van der Waals surface area contributed by atoms with Crippen LogP contribution < -0.4 is 10.1 Å². The van der Waals surface area contributed by atoms with E-state index in [-0.39, 0.29) is 5.75 Å². The van der Waals surface area contributed by atoms with E-state index in [1.165, 1.54) is 36.0 Å². The van der Waals surface area contributed by atoms with Gasteiger partial charge in [0.25, 0.3) is 0 Å².